The van der Waals surface area contributed by atoms with Crippen LogP contribution in [0.4, 0.5) is 4.39 Å². The molecule has 9 heteroatoms. The Kier molecular flexibility index (Phi) is 5.65. The van der Waals surface area contributed by atoms with E-state index >= 15 is 0 Å². The maximum Gasteiger partial charge on any atom is 0.272 e. The summed E-state index contributed by atoms with van der Waals surface area (Å²) < 4.78 is 42.0. The Morgan fingerprint density at radius 2 is 1.67 bits per heavy atom. The molecule has 30 heavy (non-hydrogen) atoms. The molecule has 0 atom stereocenters. The molecule has 1 saturated heterocycles. The third kappa shape index (κ3) is 3.99. The Morgan fingerprint density at radius 3 is 2.40 bits per heavy atom. The second kappa shape index (κ2) is 8.37. The van der Waals surface area contributed by atoms with Gasteiger partial charge in [0.2, 0.25) is 10.0 Å². The first kappa shape index (κ1) is 20.2. The number of sulfonamides is 1. The van der Waals surface area contributed by atoms with Gasteiger partial charge >= 0.3 is 0 Å². The zero-order chi connectivity index (χ0) is 21.1. The topological polar surface area (TPSA) is 75.5 Å². The summed E-state index contributed by atoms with van der Waals surface area (Å²) in [4.78, 5) is 18.9. The van der Waals surface area contributed by atoms with Crippen LogP contribution >= 0.6 is 0 Å². The number of carbonyl (C=O) groups excluding carboxylic acids is 1. The molecule has 1 aliphatic heterocycles. The summed E-state index contributed by atoms with van der Waals surface area (Å²) >= 11 is 0. The molecule has 156 valence electrons. The molecule has 0 aliphatic carbocycles. The van der Waals surface area contributed by atoms with Gasteiger partial charge in [-0.3, -0.25) is 9.36 Å². The van der Waals surface area contributed by atoms with Crippen LogP contribution < -0.4 is 0 Å². The fraction of sp³-hybridized carbons (Fsp3) is 0.238. The first-order valence-corrected chi connectivity index (χ1v) is 11.0. The normalized spacial score (nSPS) is 15.7. The van der Waals surface area contributed by atoms with E-state index < -0.39 is 15.8 Å². The first-order chi connectivity index (χ1) is 14.5. The van der Waals surface area contributed by atoms with Gasteiger partial charge < -0.3 is 4.90 Å². The van der Waals surface area contributed by atoms with Gasteiger partial charge in [-0.2, -0.15) is 4.31 Å². The standard InChI is InChI=1S/C21H21FN4O3S/c22-17-7-9-19(10-8-17)30(28,29)25-12-4-11-24(13-14-25)21(27)20-15-23-16-26(20)18-5-2-1-3-6-18/h1-3,5-10,15-16H,4,11-14H2. The number of halogens is 1. The molecule has 1 aromatic heterocycles. The number of hydrogen-bond acceptors (Lipinski definition) is 4. The number of nitrogens with zero attached hydrogens (tertiary/aromatic N) is 4. The van der Waals surface area contributed by atoms with Crippen molar-refractivity contribution in [1.82, 2.24) is 18.8 Å². The Bertz CT molecular complexity index is 1130. The van der Waals surface area contributed by atoms with Crippen LogP contribution in [0.25, 0.3) is 5.69 Å². The molecule has 1 aliphatic rings. The number of para-hydroxylation sites is 1. The van der Waals surface area contributed by atoms with Gasteiger partial charge in [-0.15, -0.1) is 0 Å². The highest BCUT2D eigenvalue weighted by Gasteiger charge is 2.29. The molecule has 0 N–H and O–H groups in total. The Morgan fingerprint density at radius 1 is 0.933 bits per heavy atom. The van der Waals surface area contributed by atoms with E-state index in [4.69, 9.17) is 0 Å². The Hall–Kier alpha value is -3.04. The largest absolute Gasteiger partial charge is 0.336 e. The van der Waals surface area contributed by atoms with Crippen LogP contribution in [0.3, 0.4) is 0 Å². The van der Waals surface area contributed by atoms with E-state index in [-0.39, 0.29) is 23.9 Å². The van der Waals surface area contributed by atoms with E-state index in [0.29, 0.717) is 25.2 Å². The molecule has 2 aromatic carbocycles. The summed E-state index contributed by atoms with van der Waals surface area (Å²) in [5, 5.41) is 0. The maximum absolute atomic E-state index is 13.2. The minimum Gasteiger partial charge on any atom is -0.336 e. The summed E-state index contributed by atoms with van der Waals surface area (Å²) in [7, 11) is -3.75. The van der Waals surface area contributed by atoms with Gasteiger partial charge in [-0.1, -0.05) is 18.2 Å². The smallest absolute Gasteiger partial charge is 0.272 e. The third-order valence-corrected chi connectivity index (χ3v) is 7.00. The maximum atomic E-state index is 13.2. The number of hydrogen-bond donors (Lipinski definition) is 0. The quantitative estimate of drug-likeness (QED) is 0.640. The lowest BCUT2D eigenvalue weighted by Crippen LogP contribution is -2.37. The fourth-order valence-corrected chi connectivity index (χ4v) is 4.97. The van der Waals surface area contributed by atoms with E-state index in [2.05, 4.69) is 4.98 Å². The molecule has 0 bridgehead atoms. The van der Waals surface area contributed by atoms with Crippen LogP contribution in [0.1, 0.15) is 16.9 Å². The molecular weight excluding hydrogens is 407 g/mol. The van der Waals surface area contributed by atoms with Crippen molar-refractivity contribution in [2.75, 3.05) is 26.2 Å². The number of benzene rings is 2. The summed E-state index contributed by atoms with van der Waals surface area (Å²) in [5.41, 5.74) is 1.25. The monoisotopic (exact) mass is 428 g/mol. The number of amides is 1. The molecule has 7 nitrogen and oxygen atoms in total. The van der Waals surface area contributed by atoms with Crippen molar-refractivity contribution in [3.05, 3.63) is 78.6 Å². The van der Waals surface area contributed by atoms with Gasteiger partial charge in [0.25, 0.3) is 5.91 Å². The average Bonchev–Trinajstić information content (AvgIpc) is 3.11. The zero-order valence-electron chi connectivity index (χ0n) is 16.2. The molecule has 0 unspecified atom stereocenters. The highest BCUT2D eigenvalue weighted by Crippen LogP contribution is 2.20. The SMILES string of the molecule is O=C(c1cncn1-c1ccccc1)N1CCCN(S(=O)(=O)c2ccc(F)cc2)CC1. The van der Waals surface area contributed by atoms with Gasteiger partial charge in [0.15, 0.2) is 0 Å². The van der Waals surface area contributed by atoms with Crippen LogP contribution in [0.2, 0.25) is 0 Å². The Balaban J connectivity index is 1.51. The number of carbonyl (C=O) groups is 1. The van der Waals surface area contributed by atoms with Gasteiger partial charge in [0.1, 0.15) is 11.5 Å². The summed E-state index contributed by atoms with van der Waals surface area (Å²) in [6, 6.07) is 14.2. The highest BCUT2D eigenvalue weighted by atomic mass is 32.2. The van der Waals surface area contributed by atoms with Gasteiger partial charge in [-0.25, -0.2) is 17.8 Å². The molecule has 1 fully saturated rings. The summed E-state index contributed by atoms with van der Waals surface area (Å²) in [5.74, 6) is -0.686. The van der Waals surface area contributed by atoms with Crippen LogP contribution in [0.15, 0.2) is 72.0 Å². The van der Waals surface area contributed by atoms with Gasteiger partial charge in [0, 0.05) is 31.9 Å². The second-order valence-electron chi connectivity index (χ2n) is 6.99. The second-order valence-corrected chi connectivity index (χ2v) is 8.93. The average molecular weight is 428 g/mol. The Labute approximate surface area is 174 Å². The summed E-state index contributed by atoms with van der Waals surface area (Å²) in [6.45, 7) is 1.17. The lowest BCUT2D eigenvalue weighted by atomic mass is 10.3. The molecule has 0 spiro atoms. The van der Waals surface area contributed by atoms with Gasteiger partial charge in [-0.05, 0) is 42.8 Å². The lowest BCUT2D eigenvalue weighted by molar-refractivity contribution is 0.0756. The number of aromatic nitrogens is 2. The van der Waals surface area contributed by atoms with Gasteiger partial charge in [0.05, 0.1) is 17.4 Å². The van der Waals surface area contributed by atoms with Crippen molar-refractivity contribution in [1.29, 1.82) is 0 Å². The predicted molar refractivity (Wildman–Crippen MR) is 109 cm³/mol. The third-order valence-electron chi connectivity index (χ3n) is 5.09. The molecular formula is C21H21FN4O3S. The van der Waals surface area contributed by atoms with Crippen molar-refractivity contribution in [3.8, 4) is 5.69 Å². The molecule has 0 radical (unpaired) electrons. The predicted octanol–water partition coefficient (Wildman–Crippen LogP) is 2.55. The van der Waals surface area contributed by atoms with Crippen molar-refractivity contribution in [2.24, 2.45) is 0 Å². The van der Waals surface area contributed by atoms with Crippen molar-refractivity contribution < 1.29 is 17.6 Å². The van der Waals surface area contributed by atoms with Crippen LogP contribution in [0.5, 0.6) is 0 Å². The zero-order valence-corrected chi connectivity index (χ0v) is 17.0. The van der Waals surface area contributed by atoms with Crippen LogP contribution in [-0.4, -0.2) is 59.3 Å². The van der Waals surface area contributed by atoms with E-state index in [1.54, 1.807) is 15.8 Å². The highest BCUT2D eigenvalue weighted by molar-refractivity contribution is 7.89. The van der Waals surface area contributed by atoms with E-state index in [1.165, 1.54) is 22.6 Å². The lowest BCUT2D eigenvalue weighted by Gasteiger charge is -2.22. The van der Waals surface area contributed by atoms with E-state index in [0.717, 1.165) is 17.8 Å². The number of imidazole rings is 1. The molecule has 1 amide bonds. The molecule has 2 heterocycles. The first-order valence-electron chi connectivity index (χ1n) is 9.59. The minimum absolute atomic E-state index is 0.0471. The van der Waals surface area contributed by atoms with Crippen molar-refractivity contribution in [2.45, 2.75) is 11.3 Å². The minimum atomic E-state index is -3.75. The van der Waals surface area contributed by atoms with Crippen LogP contribution in [-0.2, 0) is 10.0 Å². The van der Waals surface area contributed by atoms with Crippen molar-refractivity contribution >= 4 is 15.9 Å². The molecule has 0 saturated carbocycles. The van der Waals surface area contributed by atoms with Crippen molar-refractivity contribution in [3.63, 3.8) is 0 Å². The molecule has 4 rings (SSSR count). The fourth-order valence-electron chi connectivity index (χ4n) is 3.50. The summed E-state index contributed by atoms with van der Waals surface area (Å²) in [6.07, 6.45) is 3.62. The molecule has 3 aromatic rings. The number of rotatable bonds is 4. The van der Waals surface area contributed by atoms with E-state index in [9.17, 15) is 17.6 Å². The van der Waals surface area contributed by atoms with Crippen LogP contribution in [0, 0.1) is 5.82 Å². The van der Waals surface area contributed by atoms with E-state index in [1.807, 2.05) is 30.3 Å².